The molecule has 0 amide bonds. The summed E-state index contributed by atoms with van der Waals surface area (Å²) >= 11 is 1.92. The van der Waals surface area contributed by atoms with Crippen LogP contribution in [0.25, 0.3) is 0 Å². The Morgan fingerprint density at radius 1 is 0.905 bits per heavy atom. The van der Waals surface area contributed by atoms with E-state index >= 15 is 0 Å². The molecule has 0 aromatic heterocycles. The van der Waals surface area contributed by atoms with Gasteiger partial charge in [0.2, 0.25) is 0 Å². The van der Waals surface area contributed by atoms with Crippen LogP contribution < -0.4 is 5.32 Å². The molecule has 0 atom stereocenters. The van der Waals surface area contributed by atoms with Crippen LogP contribution in [0.5, 0.6) is 0 Å². The molecule has 3 rings (SSSR count). The largest absolute Gasteiger partial charge is 0.317 e. The first-order chi connectivity index (χ1) is 10.4. The van der Waals surface area contributed by atoms with E-state index in [1.54, 1.807) is 0 Å². The molecule has 0 fully saturated rings. The molecule has 1 aliphatic rings. The van der Waals surface area contributed by atoms with Crippen molar-refractivity contribution in [1.29, 1.82) is 0 Å². The van der Waals surface area contributed by atoms with Crippen molar-refractivity contribution in [3.63, 3.8) is 0 Å². The lowest BCUT2D eigenvalue weighted by Gasteiger charge is -2.28. The molecule has 1 heterocycles. The van der Waals surface area contributed by atoms with E-state index in [0.717, 1.165) is 13.1 Å². The highest BCUT2D eigenvalue weighted by molar-refractivity contribution is 7.99. The molecule has 1 N–H and O–H groups in total. The number of nitrogens with one attached hydrogen (secondary N) is 1. The summed E-state index contributed by atoms with van der Waals surface area (Å²) in [7, 11) is 0. The molecule has 0 bridgehead atoms. The molecule has 1 nitrogen and oxygen atoms in total. The van der Waals surface area contributed by atoms with E-state index in [4.69, 9.17) is 0 Å². The van der Waals surface area contributed by atoms with Gasteiger partial charge in [-0.25, -0.2) is 0 Å². The molecule has 0 aliphatic carbocycles. The molecule has 2 heteroatoms. The van der Waals surface area contributed by atoms with Gasteiger partial charge in [0.25, 0.3) is 0 Å². The van der Waals surface area contributed by atoms with Crippen molar-refractivity contribution in [1.82, 2.24) is 5.32 Å². The second-order valence-corrected chi connectivity index (χ2v) is 6.71. The summed E-state index contributed by atoms with van der Waals surface area (Å²) in [6.07, 6.45) is 3.68. The summed E-state index contributed by atoms with van der Waals surface area (Å²) in [5.74, 6) is 0.557. The van der Waals surface area contributed by atoms with E-state index in [9.17, 15) is 0 Å². The van der Waals surface area contributed by atoms with Gasteiger partial charge in [-0.3, -0.25) is 0 Å². The minimum absolute atomic E-state index is 0.557. The van der Waals surface area contributed by atoms with Crippen LogP contribution in [0.15, 0.2) is 58.3 Å². The fourth-order valence-corrected chi connectivity index (χ4v) is 4.24. The predicted octanol–water partition coefficient (Wildman–Crippen LogP) is 5.06. The zero-order valence-corrected chi connectivity index (χ0v) is 13.5. The number of hydrogen-bond acceptors (Lipinski definition) is 2. The normalized spacial score (nSPS) is 13.8. The average molecular weight is 297 g/mol. The number of hydrogen-bond donors (Lipinski definition) is 1. The molecule has 2 aromatic rings. The molecule has 110 valence electrons. The Kier molecular flexibility index (Phi) is 5.00. The van der Waals surface area contributed by atoms with Crippen LogP contribution in [-0.2, 0) is 0 Å². The fourth-order valence-electron chi connectivity index (χ4n) is 3.05. The van der Waals surface area contributed by atoms with Crippen LogP contribution in [0.3, 0.4) is 0 Å². The van der Waals surface area contributed by atoms with E-state index in [0.29, 0.717) is 5.92 Å². The quantitative estimate of drug-likeness (QED) is 0.748. The molecule has 0 unspecified atom stereocenters. The van der Waals surface area contributed by atoms with Crippen molar-refractivity contribution < 1.29 is 0 Å². The minimum Gasteiger partial charge on any atom is -0.317 e. The fraction of sp³-hybridized carbons (Fsp3) is 0.368. The zero-order chi connectivity index (χ0) is 14.5. The minimum atomic E-state index is 0.557. The van der Waals surface area contributed by atoms with Gasteiger partial charge in [0, 0.05) is 15.7 Å². The summed E-state index contributed by atoms with van der Waals surface area (Å²) in [6, 6.07) is 17.8. The van der Waals surface area contributed by atoms with Crippen molar-refractivity contribution >= 4 is 11.8 Å². The molecular weight excluding hydrogens is 274 g/mol. The van der Waals surface area contributed by atoms with Gasteiger partial charge in [-0.1, -0.05) is 55.1 Å². The Bertz CT molecular complexity index is 548. The molecule has 0 saturated carbocycles. The summed E-state index contributed by atoms with van der Waals surface area (Å²) in [5.41, 5.74) is 3.02. The van der Waals surface area contributed by atoms with E-state index < -0.39 is 0 Å². The van der Waals surface area contributed by atoms with Crippen molar-refractivity contribution in [2.75, 3.05) is 13.1 Å². The van der Waals surface area contributed by atoms with E-state index in [1.807, 2.05) is 11.8 Å². The Morgan fingerprint density at radius 3 is 2.14 bits per heavy atom. The molecule has 0 radical (unpaired) electrons. The Balaban J connectivity index is 1.78. The average Bonchev–Trinajstić information content (AvgIpc) is 2.53. The topological polar surface area (TPSA) is 12.0 Å². The second-order valence-electron chi connectivity index (χ2n) is 5.62. The third-order valence-corrected chi connectivity index (χ3v) is 5.27. The van der Waals surface area contributed by atoms with Crippen LogP contribution in [0.4, 0.5) is 0 Å². The molecule has 2 aromatic carbocycles. The highest BCUT2D eigenvalue weighted by Crippen LogP contribution is 2.47. The van der Waals surface area contributed by atoms with Crippen molar-refractivity contribution in [2.24, 2.45) is 0 Å². The predicted molar refractivity (Wildman–Crippen MR) is 91.2 cm³/mol. The molecule has 0 saturated heterocycles. The standard InChI is InChI=1S/C19H23NS/c1-2-13-20-14-7-10-15-16-8-3-5-11-18(16)21-19-12-6-4-9-17(15)19/h3-6,8-9,11-12,15,20H,2,7,10,13-14H2,1H3. The SMILES string of the molecule is CCCNCCCC1c2ccccc2Sc2ccccc21. The van der Waals surface area contributed by atoms with Crippen LogP contribution >= 0.6 is 11.8 Å². The van der Waals surface area contributed by atoms with Gasteiger partial charge < -0.3 is 5.32 Å². The summed E-state index contributed by atoms with van der Waals surface area (Å²) < 4.78 is 0. The van der Waals surface area contributed by atoms with Crippen LogP contribution in [0.1, 0.15) is 43.2 Å². The van der Waals surface area contributed by atoms with Gasteiger partial charge in [-0.15, -0.1) is 0 Å². The van der Waals surface area contributed by atoms with E-state index in [1.165, 1.54) is 40.2 Å². The monoisotopic (exact) mass is 297 g/mol. The van der Waals surface area contributed by atoms with Gasteiger partial charge >= 0.3 is 0 Å². The maximum Gasteiger partial charge on any atom is 0.0160 e. The number of rotatable bonds is 6. The first-order valence-electron chi connectivity index (χ1n) is 7.96. The first kappa shape index (κ1) is 14.7. The highest BCUT2D eigenvalue weighted by Gasteiger charge is 2.24. The second kappa shape index (κ2) is 7.15. The lowest BCUT2D eigenvalue weighted by Crippen LogP contribution is -2.17. The highest BCUT2D eigenvalue weighted by atomic mass is 32.2. The molecule has 21 heavy (non-hydrogen) atoms. The van der Waals surface area contributed by atoms with Gasteiger partial charge in [-0.2, -0.15) is 0 Å². The van der Waals surface area contributed by atoms with E-state index in [-0.39, 0.29) is 0 Å². The van der Waals surface area contributed by atoms with Crippen LogP contribution in [0.2, 0.25) is 0 Å². The number of fused-ring (bicyclic) bond motifs is 2. The maximum atomic E-state index is 3.52. The lowest BCUT2D eigenvalue weighted by molar-refractivity contribution is 0.582. The Hall–Kier alpha value is -1.25. The van der Waals surface area contributed by atoms with Crippen molar-refractivity contribution in [2.45, 2.75) is 41.9 Å². The van der Waals surface area contributed by atoms with Gasteiger partial charge in [-0.05, 0) is 55.6 Å². The first-order valence-corrected chi connectivity index (χ1v) is 8.78. The Morgan fingerprint density at radius 2 is 1.52 bits per heavy atom. The van der Waals surface area contributed by atoms with Crippen LogP contribution in [-0.4, -0.2) is 13.1 Å². The number of benzene rings is 2. The van der Waals surface area contributed by atoms with Crippen molar-refractivity contribution in [3.8, 4) is 0 Å². The van der Waals surface area contributed by atoms with E-state index in [2.05, 4.69) is 60.8 Å². The third-order valence-electron chi connectivity index (χ3n) is 4.08. The van der Waals surface area contributed by atoms with Gasteiger partial charge in [0.15, 0.2) is 0 Å². The van der Waals surface area contributed by atoms with Crippen molar-refractivity contribution in [3.05, 3.63) is 59.7 Å². The summed E-state index contributed by atoms with van der Waals surface area (Å²) in [4.78, 5) is 2.87. The zero-order valence-electron chi connectivity index (χ0n) is 12.6. The molecular formula is C19H23NS. The summed E-state index contributed by atoms with van der Waals surface area (Å²) in [6.45, 7) is 4.48. The van der Waals surface area contributed by atoms with Gasteiger partial charge in [0.1, 0.15) is 0 Å². The smallest absolute Gasteiger partial charge is 0.0160 e. The lowest BCUT2D eigenvalue weighted by atomic mass is 9.87. The third kappa shape index (κ3) is 3.33. The van der Waals surface area contributed by atoms with Gasteiger partial charge in [0.05, 0.1) is 0 Å². The maximum absolute atomic E-state index is 3.52. The summed E-state index contributed by atoms with van der Waals surface area (Å²) in [5, 5.41) is 3.52. The molecule has 0 spiro atoms. The van der Waals surface area contributed by atoms with Crippen LogP contribution in [0, 0.1) is 0 Å². The molecule has 1 aliphatic heterocycles. The Labute approximate surface area is 132 Å².